The average molecular weight is 651 g/mol. The molecular weight excluding hydrogens is 592 g/mol. The highest BCUT2D eigenvalue weighted by Crippen LogP contribution is 2.87. The Labute approximate surface area is 277 Å². The zero-order valence-corrected chi connectivity index (χ0v) is 29.5. The molecule has 0 aromatic heterocycles. The summed E-state index contributed by atoms with van der Waals surface area (Å²) >= 11 is 0. The van der Waals surface area contributed by atoms with Crippen LogP contribution in [0, 0.1) is 45.3 Å². The fourth-order valence-corrected chi connectivity index (χ4v) is 11.6. The van der Waals surface area contributed by atoms with E-state index >= 15 is 0 Å². The van der Waals surface area contributed by atoms with Gasteiger partial charge in [-0.2, -0.15) is 13.5 Å². The van der Waals surface area contributed by atoms with Crippen LogP contribution in [0.5, 0.6) is 0 Å². The Bertz CT molecular complexity index is 1120. The molecule has 13 atom stereocenters. The van der Waals surface area contributed by atoms with E-state index < -0.39 is 36.7 Å². The minimum atomic E-state index is -0.876. The molecule has 45 heavy (non-hydrogen) atoms. The van der Waals surface area contributed by atoms with E-state index in [1.54, 1.807) is 13.0 Å². The predicted molar refractivity (Wildman–Crippen MR) is 176 cm³/mol. The molecule has 8 nitrogen and oxygen atoms in total. The van der Waals surface area contributed by atoms with Crippen molar-refractivity contribution in [2.75, 3.05) is 6.61 Å². The van der Waals surface area contributed by atoms with Gasteiger partial charge in [-0.05, 0) is 104 Å². The van der Waals surface area contributed by atoms with E-state index in [0.29, 0.717) is 18.3 Å². The van der Waals surface area contributed by atoms with Crippen molar-refractivity contribution in [1.29, 1.82) is 0 Å². The van der Waals surface area contributed by atoms with Crippen LogP contribution in [0.4, 0.5) is 0 Å². The Morgan fingerprint density at radius 2 is 1.76 bits per heavy atom. The van der Waals surface area contributed by atoms with Gasteiger partial charge in [-0.15, -0.1) is 6.58 Å². The van der Waals surface area contributed by atoms with E-state index in [4.69, 9.17) is 18.9 Å². The standard InChI is InChI=1S/C34H50O8.C2H6.H2S/c1-7-16-39-26(17-35)42-25-12-13-34-18-33(34)15-14-32(6)22-8-10-23(29(19(2)36)40-20(3)37)41-30(22)28(38)27(32)21(33)9-11-24(34)31(25,4)5;1-2;/h7,17,19,21-27,29-30,36H,1,8-16,18H2,2-6H3;1-2H3;1H2. The van der Waals surface area contributed by atoms with Crippen molar-refractivity contribution in [3.63, 3.8) is 0 Å². The SMILES string of the molecule is C=CCOC(C=O)OC1CCC23CC24CCC2(C)C5CCC(C(OC(C)=O)C(C)O)OC5C(=O)C2C4CCC3C1(C)C.CC.S. The quantitative estimate of drug-likeness (QED) is 0.142. The van der Waals surface area contributed by atoms with Crippen molar-refractivity contribution in [2.45, 2.75) is 143 Å². The number of hydrogen-bond donors (Lipinski definition) is 1. The van der Waals surface area contributed by atoms with Crippen LogP contribution in [0.15, 0.2) is 12.7 Å². The molecule has 5 aliphatic carbocycles. The van der Waals surface area contributed by atoms with Gasteiger partial charge in [0.25, 0.3) is 0 Å². The first-order valence-electron chi connectivity index (χ1n) is 17.2. The summed E-state index contributed by atoms with van der Waals surface area (Å²) in [6.07, 6.45) is 7.81. The molecule has 256 valence electrons. The summed E-state index contributed by atoms with van der Waals surface area (Å²) in [5.41, 5.74) is 0.219. The molecule has 6 rings (SSSR count). The van der Waals surface area contributed by atoms with Crippen molar-refractivity contribution in [1.82, 2.24) is 0 Å². The number of carbonyl (C=O) groups is 3. The number of rotatable bonds is 9. The van der Waals surface area contributed by atoms with Crippen molar-refractivity contribution in [3.8, 4) is 0 Å². The van der Waals surface area contributed by atoms with Crippen LogP contribution in [0.1, 0.15) is 106 Å². The molecule has 0 amide bonds. The Balaban J connectivity index is 0.00000151. The highest BCUT2D eigenvalue weighted by Gasteiger charge is 2.82. The fraction of sp³-hybridized carbons (Fsp3) is 0.861. The largest absolute Gasteiger partial charge is 0.457 e. The lowest BCUT2D eigenvalue weighted by Crippen LogP contribution is -2.56. The van der Waals surface area contributed by atoms with Crippen molar-refractivity contribution in [2.24, 2.45) is 45.3 Å². The number of fused-ring (bicyclic) bond motifs is 4. The summed E-state index contributed by atoms with van der Waals surface area (Å²) in [5.74, 6) is 0.791. The lowest BCUT2D eigenvalue weighted by atomic mass is 9.46. The summed E-state index contributed by atoms with van der Waals surface area (Å²) < 4.78 is 23.8. The minimum Gasteiger partial charge on any atom is -0.457 e. The van der Waals surface area contributed by atoms with Crippen LogP contribution >= 0.6 is 13.5 Å². The molecule has 0 aromatic carbocycles. The fourth-order valence-electron chi connectivity index (χ4n) is 11.6. The van der Waals surface area contributed by atoms with Gasteiger partial charge in [0.15, 0.2) is 18.2 Å². The van der Waals surface area contributed by atoms with Gasteiger partial charge >= 0.3 is 5.97 Å². The number of hydrogen-bond acceptors (Lipinski definition) is 8. The molecule has 13 unspecified atom stereocenters. The molecular formula is C36H58O8S. The van der Waals surface area contributed by atoms with Crippen LogP contribution in [0.2, 0.25) is 0 Å². The second-order valence-electron chi connectivity index (χ2n) is 15.3. The van der Waals surface area contributed by atoms with E-state index in [2.05, 4.69) is 27.4 Å². The maximum Gasteiger partial charge on any atom is 0.303 e. The van der Waals surface area contributed by atoms with Crippen molar-refractivity contribution >= 4 is 31.5 Å². The molecule has 1 saturated heterocycles. The van der Waals surface area contributed by atoms with Gasteiger partial charge in [0.1, 0.15) is 6.10 Å². The third-order valence-electron chi connectivity index (χ3n) is 13.3. The van der Waals surface area contributed by atoms with E-state index in [1.165, 1.54) is 13.3 Å². The third kappa shape index (κ3) is 5.58. The number of carbonyl (C=O) groups excluding carboxylic acids is 3. The Morgan fingerprint density at radius 1 is 1.07 bits per heavy atom. The Morgan fingerprint density at radius 3 is 2.38 bits per heavy atom. The number of aliphatic hydroxyl groups excluding tert-OH is 1. The first-order chi connectivity index (χ1) is 20.9. The number of aliphatic hydroxyl groups is 1. The second kappa shape index (κ2) is 13.3. The zero-order chi connectivity index (χ0) is 32.2. The van der Waals surface area contributed by atoms with Gasteiger partial charge < -0.3 is 24.1 Å². The van der Waals surface area contributed by atoms with Crippen LogP contribution in [0.3, 0.4) is 0 Å². The third-order valence-corrected chi connectivity index (χ3v) is 13.3. The topological polar surface area (TPSA) is 108 Å². The van der Waals surface area contributed by atoms with Crippen LogP contribution in [-0.4, -0.2) is 66.6 Å². The number of ketones is 1. The summed E-state index contributed by atoms with van der Waals surface area (Å²) in [6.45, 7) is 17.9. The molecule has 2 spiro atoms. The smallest absolute Gasteiger partial charge is 0.303 e. The number of ether oxygens (including phenoxy) is 4. The van der Waals surface area contributed by atoms with Gasteiger partial charge in [0.2, 0.25) is 6.29 Å². The van der Waals surface area contributed by atoms with Gasteiger partial charge in [-0.3, -0.25) is 14.4 Å². The summed E-state index contributed by atoms with van der Waals surface area (Å²) in [4.78, 5) is 37.8. The van der Waals surface area contributed by atoms with Gasteiger partial charge in [-0.25, -0.2) is 0 Å². The molecule has 1 heterocycles. The maximum absolute atomic E-state index is 14.4. The van der Waals surface area contributed by atoms with E-state index in [-0.39, 0.29) is 65.5 Å². The normalized spacial score (nSPS) is 43.9. The molecule has 5 saturated carbocycles. The van der Waals surface area contributed by atoms with E-state index in [1.807, 2.05) is 13.8 Å². The molecule has 0 aromatic rings. The molecule has 6 fully saturated rings. The van der Waals surface area contributed by atoms with Crippen molar-refractivity contribution in [3.05, 3.63) is 12.7 Å². The average Bonchev–Trinajstić information content (AvgIpc) is 3.61. The molecule has 1 N–H and O–H groups in total. The number of aldehydes is 1. The predicted octanol–water partition coefficient (Wildman–Crippen LogP) is 5.94. The lowest BCUT2D eigenvalue weighted by Gasteiger charge is -2.59. The number of Topliss-reactive ketones (excluding diaryl/α,β-unsaturated/α-hetero) is 1. The van der Waals surface area contributed by atoms with Crippen LogP contribution < -0.4 is 0 Å². The molecule has 0 radical (unpaired) electrons. The second-order valence-corrected chi connectivity index (χ2v) is 15.3. The van der Waals surface area contributed by atoms with Gasteiger partial charge in [-0.1, -0.05) is 40.7 Å². The van der Waals surface area contributed by atoms with E-state index in [9.17, 15) is 19.5 Å². The monoisotopic (exact) mass is 650 g/mol. The lowest BCUT2D eigenvalue weighted by molar-refractivity contribution is -0.215. The Hall–Kier alpha value is -1.26. The summed E-state index contributed by atoms with van der Waals surface area (Å²) in [6, 6.07) is 0. The van der Waals surface area contributed by atoms with Crippen LogP contribution in [-0.2, 0) is 33.3 Å². The Kier molecular flexibility index (Phi) is 10.8. The minimum absolute atomic E-state index is 0. The molecule has 0 bridgehead atoms. The molecule has 6 aliphatic rings. The first-order valence-corrected chi connectivity index (χ1v) is 17.2. The number of esters is 1. The van der Waals surface area contributed by atoms with E-state index in [0.717, 1.165) is 51.2 Å². The highest BCUT2D eigenvalue weighted by atomic mass is 32.1. The van der Waals surface area contributed by atoms with Crippen molar-refractivity contribution < 1.29 is 38.4 Å². The molecule has 1 aliphatic heterocycles. The zero-order valence-electron chi connectivity index (χ0n) is 28.5. The summed E-state index contributed by atoms with van der Waals surface area (Å²) in [7, 11) is 0. The van der Waals surface area contributed by atoms with Gasteiger partial charge in [0.05, 0.1) is 24.9 Å². The molecule has 9 heteroatoms. The summed E-state index contributed by atoms with van der Waals surface area (Å²) in [5, 5.41) is 10.4. The first kappa shape index (κ1) is 36.6. The van der Waals surface area contributed by atoms with Crippen LogP contribution in [0.25, 0.3) is 0 Å². The highest BCUT2D eigenvalue weighted by molar-refractivity contribution is 7.59. The maximum atomic E-state index is 14.4. The van der Waals surface area contributed by atoms with Gasteiger partial charge in [0, 0.05) is 12.8 Å².